The van der Waals surface area contributed by atoms with E-state index < -0.39 is 5.97 Å². The highest BCUT2D eigenvalue weighted by atomic mass is 16.5. The van der Waals surface area contributed by atoms with Gasteiger partial charge in [0.15, 0.2) is 0 Å². The summed E-state index contributed by atoms with van der Waals surface area (Å²) in [7, 11) is 0. The molecule has 1 unspecified atom stereocenters. The molecular weight excluding hydrogens is 216 g/mol. The zero-order chi connectivity index (χ0) is 12.8. The number of hydrogen-bond donors (Lipinski definition) is 1. The minimum atomic E-state index is -0.957. The van der Waals surface area contributed by atoms with Crippen LogP contribution in [0.3, 0.4) is 0 Å². The van der Waals surface area contributed by atoms with Gasteiger partial charge in [0.1, 0.15) is 5.75 Å². The second kappa shape index (κ2) is 6.09. The van der Waals surface area contributed by atoms with Crippen molar-refractivity contribution in [3.8, 4) is 5.75 Å². The summed E-state index contributed by atoms with van der Waals surface area (Å²) in [5, 5.41) is 8.64. The average Bonchev–Trinajstić information content (AvgIpc) is 2.29. The van der Waals surface area contributed by atoms with Gasteiger partial charge in [0.25, 0.3) is 0 Å². The van der Waals surface area contributed by atoms with E-state index in [1.165, 1.54) is 0 Å². The number of carboxylic acid groups (broad SMARTS) is 1. The van der Waals surface area contributed by atoms with Gasteiger partial charge in [-0.15, -0.1) is 0 Å². The van der Waals surface area contributed by atoms with Gasteiger partial charge in [0.05, 0.1) is 6.10 Å². The Morgan fingerprint density at radius 3 is 2.82 bits per heavy atom. The predicted molar refractivity (Wildman–Crippen MR) is 68.2 cm³/mol. The molecule has 0 saturated heterocycles. The number of aliphatic carboxylic acids is 1. The molecule has 3 nitrogen and oxygen atoms in total. The van der Waals surface area contributed by atoms with Gasteiger partial charge in [-0.1, -0.05) is 25.1 Å². The van der Waals surface area contributed by atoms with E-state index in [1.807, 2.05) is 32.0 Å². The molecule has 0 heterocycles. The summed E-state index contributed by atoms with van der Waals surface area (Å²) in [6.45, 7) is 6.00. The van der Waals surface area contributed by atoms with E-state index >= 15 is 0 Å². The first-order valence-electron chi connectivity index (χ1n) is 5.71. The Labute approximate surface area is 102 Å². The van der Waals surface area contributed by atoms with Crippen molar-refractivity contribution < 1.29 is 14.6 Å². The maximum atomic E-state index is 10.5. The quantitative estimate of drug-likeness (QED) is 0.795. The van der Waals surface area contributed by atoms with Gasteiger partial charge in [-0.2, -0.15) is 0 Å². The summed E-state index contributed by atoms with van der Waals surface area (Å²) in [6.07, 6.45) is 3.72. The molecule has 1 aromatic rings. The van der Waals surface area contributed by atoms with Crippen LogP contribution in [0.1, 0.15) is 31.4 Å². The monoisotopic (exact) mass is 234 g/mol. The van der Waals surface area contributed by atoms with Crippen LogP contribution >= 0.6 is 0 Å². The lowest BCUT2D eigenvalue weighted by Gasteiger charge is -2.16. The highest BCUT2D eigenvalue weighted by Gasteiger charge is 2.08. The Kier molecular flexibility index (Phi) is 4.76. The fourth-order valence-electron chi connectivity index (χ4n) is 1.41. The standard InChI is InChI=1S/C14H18O3/c1-4-11(3)17-14-10(2)6-5-7-12(14)8-9-13(15)16/h5-9,11H,4H2,1-3H3,(H,15,16)/b9-8+. The lowest BCUT2D eigenvalue weighted by molar-refractivity contribution is -0.131. The molecule has 0 radical (unpaired) electrons. The molecule has 17 heavy (non-hydrogen) atoms. The Bertz CT molecular complexity index is 421. The Balaban J connectivity index is 3.03. The third kappa shape index (κ3) is 3.94. The highest BCUT2D eigenvalue weighted by Crippen LogP contribution is 2.26. The summed E-state index contributed by atoms with van der Waals surface area (Å²) in [6, 6.07) is 5.69. The summed E-state index contributed by atoms with van der Waals surface area (Å²) < 4.78 is 5.81. The number of aryl methyl sites for hydroxylation is 1. The van der Waals surface area contributed by atoms with Crippen molar-refractivity contribution in [3.63, 3.8) is 0 Å². The minimum Gasteiger partial charge on any atom is -0.490 e. The largest absolute Gasteiger partial charge is 0.490 e. The molecule has 1 atom stereocenters. The molecule has 0 saturated carbocycles. The normalized spacial score (nSPS) is 12.6. The Morgan fingerprint density at radius 2 is 2.24 bits per heavy atom. The molecule has 0 bridgehead atoms. The second-order valence-corrected chi connectivity index (χ2v) is 4.00. The minimum absolute atomic E-state index is 0.119. The van der Waals surface area contributed by atoms with Crippen LogP contribution in [0.4, 0.5) is 0 Å². The van der Waals surface area contributed by atoms with Crippen molar-refractivity contribution in [2.75, 3.05) is 0 Å². The predicted octanol–water partition coefficient (Wildman–Crippen LogP) is 3.27. The highest BCUT2D eigenvalue weighted by molar-refractivity contribution is 5.86. The third-order valence-electron chi connectivity index (χ3n) is 2.54. The maximum Gasteiger partial charge on any atom is 0.328 e. The van der Waals surface area contributed by atoms with Crippen LogP contribution in [0.5, 0.6) is 5.75 Å². The zero-order valence-electron chi connectivity index (χ0n) is 10.4. The smallest absolute Gasteiger partial charge is 0.328 e. The Hall–Kier alpha value is -1.77. The maximum absolute atomic E-state index is 10.5. The number of benzene rings is 1. The van der Waals surface area contributed by atoms with Gasteiger partial charge in [0.2, 0.25) is 0 Å². The topological polar surface area (TPSA) is 46.5 Å². The molecule has 1 N–H and O–H groups in total. The molecule has 92 valence electrons. The van der Waals surface area contributed by atoms with Crippen molar-refractivity contribution in [2.45, 2.75) is 33.3 Å². The molecule has 0 aliphatic heterocycles. The lowest BCUT2D eigenvalue weighted by atomic mass is 10.1. The Morgan fingerprint density at radius 1 is 1.53 bits per heavy atom. The fourth-order valence-corrected chi connectivity index (χ4v) is 1.41. The molecular formula is C14H18O3. The van der Waals surface area contributed by atoms with Gasteiger partial charge in [-0.3, -0.25) is 0 Å². The lowest BCUT2D eigenvalue weighted by Crippen LogP contribution is -2.11. The fraction of sp³-hybridized carbons (Fsp3) is 0.357. The molecule has 0 aromatic heterocycles. The molecule has 0 fully saturated rings. The number of ether oxygens (including phenoxy) is 1. The average molecular weight is 234 g/mol. The SMILES string of the molecule is CCC(C)Oc1c(C)cccc1/C=C/C(=O)O. The zero-order valence-corrected chi connectivity index (χ0v) is 10.4. The van der Waals surface area contributed by atoms with Crippen molar-refractivity contribution in [1.82, 2.24) is 0 Å². The van der Waals surface area contributed by atoms with Gasteiger partial charge < -0.3 is 9.84 Å². The van der Waals surface area contributed by atoms with E-state index in [2.05, 4.69) is 6.92 Å². The van der Waals surface area contributed by atoms with E-state index in [9.17, 15) is 4.79 Å². The first-order chi connectivity index (χ1) is 8.04. The van der Waals surface area contributed by atoms with Gasteiger partial charge in [0, 0.05) is 11.6 Å². The van der Waals surface area contributed by atoms with Crippen molar-refractivity contribution in [2.24, 2.45) is 0 Å². The number of rotatable bonds is 5. The van der Waals surface area contributed by atoms with E-state index in [1.54, 1.807) is 6.08 Å². The van der Waals surface area contributed by atoms with Crippen molar-refractivity contribution >= 4 is 12.0 Å². The van der Waals surface area contributed by atoms with Crippen molar-refractivity contribution in [3.05, 3.63) is 35.4 Å². The van der Waals surface area contributed by atoms with E-state index in [-0.39, 0.29) is 6.10 Å². The van der Waals surface area contributed by atoms with E-state index in [4.69, 9.17) is 9.84 Å². The second-order valence-electron chi connectivity index (χ2n) is 4.00. The van der Waals surface area contributed by atoms with Crippen molar-refractivity contribution in [1.29, 1.82) is 0 Å². The number of para-hydroxylation sites is 1. The first kappa shape index (κ1) is 13.3. The van der Waals surface area contributed by atoms with Crippen LogP contribution < -0.4 is 4.74 Å². The molecule has 0 aliphatic carbocycles. The molecule has 1 rings (SSSR count). The molecule has 3 heteroatoms. The van der Waals surface area contributed by atoms with Crippen LogP contribution in [-0.2, 0) is 4.79 Å². The van der Waals surface area contributed by atoms with Gasteiger partial charge in [-0.05, 0) is 31.9 Å². The molecule has 0 aliphatic rings. The summed E-state index contributed by atoms with van der Waals surface area (Å²) >= 11 is 0. The third-order valence-corrected chi connectivity index (χ3v) is 2.54. The van der Waals surface area contributed by atoms with Gasteiger partial charge >= 0.3 is 5.97 Å². The molecule has 1 aromatic carbocycles. The van der Waals surface area contributed by atoms with Crippen LogP contribution in [0.25, 0.3) is 6.08 Å². The first-order valence-corrected chi connectivity index (χ1v) is 5.71. The van der Waals surface area contributed by atoms with Crippen LogP contribution in [0.15, 0.2) is 24.3 Å². The van der Waals surface area contributed by atoms with E-state index in [0.29, 0.717) is 0 Å². The van der Waals surface area contributed by atoms with Gasteiger partial charge in [-0.25, -0.2) is 4.79 Å². The summed E-state index contributed by atoms with van der Waals surface area (Å²) in [5.41, 5.74) is 1.81. The van der Waals surface area contributed by atoms with Crippen LogP contribution in [0.2, 0.25) is 0 Å². The number of hydrogen-bond acceptors (Lipinski definition) is 2. The summed E-state index contributed by atoms with van der Waals surface area (Å²) in [4.78, 5) is 10.5. The van der Waals surface area contributed by atoms with E-state index in [0.717, 1.165) is 29.4 Å². The number of carboxylic acids is 1. The molecule has 0 amide bonds. The van der Waals surface area contributed by atoms with Crippen LogP contribution in [0, 0.1) is 6.92 Å². The van der Waals surface area contributed by atoms with Crippen LogP contribution in [-0.4, -0.2) is 17.2 Å². The molecule has 0 spiro atoms. The number of carbonyl (C=O) groups is 1. The summed E-state index contributed by atoms with van der Waals surface area (Å²) in [5.74, 6) is -0.194.